The van der Waals surface area contributed by atoms with Crippen molar-refractivity contribution >= 4 is 0 Å². The minimum absolute atomic E-state index is 0.257. The molecular weight excluding hydrogens is 234 g/mol. The topological polar surface area (TPSA) is 32.3 Å². The molecule has 2 heteroatoms. The van der Waals surface area contributed by atoms with Crippen LogP contribution in [0.5, 0.6) is 0 Å². The van der Waals surface area contributed by atoms with Crippen molar-refractivity contribution in [3.63, 3.8) is 0 Å². The molecule has 0 aromatic heterocycles. The van der Waals surface area contributed by atoms with Crippen LogP contribution in [0, 0.1) is 11.8 Å². The Kier molecular flexibility index (Phi) is 7.11. The number of benzene rings is 1. The first-order valence-electron chi connectivity index (χ1n) is 7.45. The molecule has 2 N–H and O–H groups in total. The van der Waals surface area contributed by atoms with E-state index >= 15 is 0 Å². The van der Waals surface area contributed by atoms with Gasteiger partial charge >= 0.3 is 0 Å². The Hall–Kier alpha value is -0.860. The van der Waals surface area contributed by atoms with Gasteiger partial charge in [-0.25, -0.2) is 0 Å². The van der Waals surface area contributed by atoms with E-state index in [1.807, 2.05) is 0 Å². The molecule has 0 bridgehead atoms. The maximum absolute atomic E-state index is 9.14. The number of nitrogens with one attached hydrogen (secondary N) is 1. The minimum atomic E-state index is 0.257. The molecule has 2 nitrogen and oxygen atoms in total. The second-order valence-electron chi connectivity index (χ2n) is 6.03. The van der Waals surface area contributed by atoms with E-state index in [-0.39, 0.29) is 6.61 Å². The van der Waals surface area contributed by atoms with Crippen molar-refractivity contribution in [2.75, 3.05) is 13.2 Å². The first-order valence-corrected chi connectivity index (χ1v) is 7.45. The van der Waals surface area contributed by atoms with Gasteiger partial charge in [0.2, 0.25) is 0 Å². The third-order valence-electron chi connectivity index (χ3n) is 3.88. The third kappa shape index (κ3) is 5.33. The average molecular weight is 263 g/mol. The van der Waals surface area contributed by atoms with Crippen LogP contribution in [-0.4, -0.2) is 24.3 Å². The predicted molar refractivity (Wildman–Crippen MR) is 82.4 cm³/mol. The zero-order valence-electron chi connectivity index (χ0n) is 12.8. The van der Waals surface area contributed by atoms with Crippen molar-refractivity contribution in [2.45, 2.75) is 46.1 Å². The highest BCUT2D eigenvalue weighted by atomic mass is 16.3. The van der Waals surface area contributed by atoms with E-state index in [4.69, 9.17) is 5.11 Å². The highest BCUT2D eigenvalue weighted by molar-refractivity contribution is 5.20. The number of rotatable bonds is 8. The van der Waals surface area contributed by atoms with Crippen LogP contribution in [0.4, 0.5) is 0 Å². The quantitative estimate of drug-likeness (QED) is 0.753. The lowest BCUT2D eigenvalue weighted by Crippen LogP contribution is -2.38. The lowest BCUT2D eigenvalue weighted by Gasteiger charge is -2.27. The Bertz CT molecular complexity index is 334. The second kappa shape index (κ2) is 8.34. The van der Waals surface area contributed by atoms with Gasteiger partial charge in [-0.1, -0.05) is 58.0 Å². The minimum Gasteiger partial charge on any atom is -0.396 e. The molecule has 0 amide bonds. The Morgan fingerprint density at radius 3 is 2.11 bits per heavy atom. The SMILES string of the molecule is CC(C)C(CCO)NCC(c1ccccc1)C(C)C. The Morgan fingerprint density at radius 2 is 1.63 bits per heavy atom. The molecule has 0 aliphatic rings. The molecule has 1 aromatic rings. The van der Waals surface area contributed by atoms with E-state index < -0.39 is 0 Å². The van der Waals surface area contributed by atoms with Crippen LogP contribution in [0.25, 0.3) is 0 Å². The standard InChI is InChI=1S/C17H29NO/c1-13(2)16(15-8-6-5-7-9-15)12-18-17(10-11-19)14(3)4/h5-9,13-14,16-19H,10-12H2,1-4H3. The zero-order chi connectivity index (χ0) is 14.3. The molecule has 1 rings (SSSR count). The van der Waals surface area contributed by atoms with Crippen molar-refractivity contribution in [1.29, 1.82) is 0 Å². The highest BCUT2D eigenvalue weighted by Gasteiger charge is 2.19. The number of aliphatic hydroxyl groups is 1. The molecule has 2 unspecified atom stereocenters. The largest absolute Gasteiger partial charge is 0.396 e. The molecule has 0 saturated heterocycles. The fourth-order valence-corrected chi connectivity index (χ4v) is 2.53. The van der Waals surface area contributed by atoms with Crippen LogP contribution in [-0.2, 0) is 0 Å². The summed E-state index contributed by atoms with van der Waals surface area (Å²) in [6, 6.07) is 11.1. The number of hydrogen-bond donors (Lipinski definition) is 2. The van der Waals surface area contributed by atoms with Crippen molar-refractivity contribution < 1.29 is 5.11 Å². The summed E-state index contributed by atoms with van der Waals surface area (Å²) >= 11 is 0. The Labute approximate surface area is 118 Å². The van der Waals surface area contributed by atoms with Gasteiger partial charge in [0.25, 0.3) is 0 Å². The van der Waals surface area contributed by atoms with Crippen molar-refractivity contribution in [1.82, 2.24) is 5.32 Å². The lowest BCUT2D eigenvalue weighted by atomic mass is 9.87. The van der Waals surface area contributed by atoms with Crippen LogP contribution in [0.2, 0.25) is 0 Å². The van der Waals surface area contributed by atoms with E-state index in [2.05, 4.69) is 63.3 Å². The fraction of sp³-hybridized carbons (Fsp3) is 0.647. The van der Waals surface area contributed by atoms with Crippen LogP contribution in [0.1, 0.15) is 45.6 Å². The summed E-state index contributed by atoms with van der Waals surface area (Å²) in [7, 11) is 0. The maximum Gasteiger partial charge on any atom is 0.0445 e. The zero-order valence-corrected chi connectivity index (χ0v) is 12.8. The van der Waals surface area contributed by atoms with Crippen LogP contribution in [0.3, 0.4) is 0 Å². The van der Waals surface area contributed by atoms with E-state index in [1.165, 1.54) is 5.56 Å². The van der Waals surface area contributed by atoms with Crippen molar-refractivity contribution in [3.05, 3.63) is 35.9 Å². The fourth-order valence-electron chi connectivity index (χ4n) is 2.53. The third-order valence-corrected chi connectivity index (χ3v) is 3.88. The smallest absolute Gasteiger partial charge is 0.0445 e. The monoisotopic (exact) mass is 263 g/mol. The summed E-state index contributed by atoms with van der Waals surface area (Å²) in [6.45, 7) is 10.2. The normalized spacial score (nSPS) is 14.9. The molecule has 2 atom stereocenters. The van der Waals surface area contributed by atoms with Crippen molar-refractivity contribution in [3.8, 4) is 0 Å². The van der Waals surface area contributed by atoms with Crippen LogP contribution >= 0.6 is 0 Å². The molecule has 0 spiro atoms. The van der Waals surface area contributed by atoms with E-state index in [0.29, 0.717) is 23.8 Å². The van der Waals surface area contributed by atoms with Crippen molar-refractivity contribution in [2.24, 2.45) is 11.8 Å². The van der Waals surface area contributed by atoms with Crippen LogP contribution < -0.4 is 5.32 Å². The summed E-state index contributed by atoms with van der Waals surface area (Å²) < 4.78 is 0. The molecule has 0 radical (unpaired) electrons. The Morgan fingerprint density at radius 1 is 1.00 bits per heavy atom. The lowest BCUT2D eigenvalue weighted by molar-refractivity contribution is 0.240. The molecule has 0 aliphatic heterocycles. The van der Waals surface area contributed by atoms with Gasteiger partial charge < -0.3 is 10.4 Å². The summed E-state index contributed by atoms with van der Waals surface area (Å²) in [5.74, 6) is 1.69. The molecule has 108 valence electrons. The summed E-state index contributed by atoms with van der Waals surface area (Å²) in [4.78, 5) is 0. The molecule has 19 heavy (non-hydrogen) atoms. The predicted octanol–water partition coefficient (Wildman–Crippen LogP) is 3.42. The first-order chi connectivity index (χ1) is 9.06. The summed E-state index contributed by atoms with van der Waals surface area (Å²) in [6.07, 6.45) is 0.831. The summed E-state index contributed by atoms with van der Waals surface area (Å²) in [5, 5.41) is 12.8. The van der Waals surface area contributed by atoms with Gasteiger partial charge in [0, 0.05) is 19.2 Å². The molecule has 0 heterocycles. The number of hydrogen-bond acceptors (Lipinski definition) is 2. The molecule has 1 aromatic carbocycles. The maximum atomic E-state index is 9.14. The van der Waals surface area contributed by atoms with E-state index in [9.17, 15) is 0 Å². The Balaban J connectivity index is 2.64. The average Bonchev–Trinajstić information content (AvgIpc) is 2.38. The highest BCUT2D eigenvalue weighted by Crippen LogP contribution is 2.24. The van der Waals surface area contributed by atoms with E-state index in [0.717, 1.165) is 13.0 Å². The number of aliphatic hydroxyl groups excluding tert-OH is 1. The molecule has 0 fully saturated rings. The molecule has 0 aliphatic carbocycles. The van der Waals surface area contributed by atoms with Gasteiger partial charge in [0.1, 0.15) is 0 Å². The second-order valence-corrected chi connectivity index (χ2v) is 6.03. The van der Waals surface area contributed by atoms with Gasteiger partial charge in [-0.3, -0.25) is 0 Å². The molecule has 0 saturated carbocycles. The molecular formula is C17H29NO. The van der Waals surface area contributed by atoms with Crippen LogP contribution in [0.15, 0.2) is 30.3 Å². The first kappa shape index (κ1) is 16.2. The van der Waals surface area contributed by atoms with Gasteiger partial charge in [-0.05, 0) is 29.7 Å². The van der Waals surface area contributed by atoms with Gasteiger partial charge in [0.05, 0.1) is 0 Å². The summed E-state index contributed by atoms with van der Waals surface area (Å²) in [5.41, 5.74) is 1.40. The van der Waals surface area contributed by atoms with Gasteiger partial charge in [-0.2, -0.15) is 0 Å². The van der Waals surface area contributed by atoms with Gasteiger partial charge in [0.15, 0.2) is 0 Å². The van der Waals surface area contributed by atoms with Gasteiger partial charge in [-0.15, -0.1) is 0 Å². The van der Waals surface area contributed by atoms with E-state index in [1.54, 1.807) is 0 Å².